The number of ketones is 1. The highest BCUT2D eigenvalue weighted by Crippen LogP contribution is 2.76. The van der Waals surface area contributed by atoms with Crippen LogP contribution in [0.25, 0.3) is 0 Å². The van der Waals surface area contributed by atoms with E-state index in [0.717, 1.165) is 43.3 Å². The van der Waals surface area contributed by atoms with Gasteiger partial charge in [-0.3, -0.25) is 4.79 Å². The van der Waals surface area contributed by atoms with E-state index in [4.69, 9.17) is 9.47 Å². The highest BCUT2D eigenvalue weighted by molar-refractivity contribution is 5.98. The van der Waals surface area contributed by atoms with Crippen molar-refractivity contribution in [2.24, 2.45) is 34.0 Å². The maximum absolute atomic E-state index is 13.4. The van der Waals surface area contributed by atoms with Gasteiger partial charge in [-0.25, -0.2) is 4.79 Å². The van der Waals surface area contributed by atoms with Crippen molar-refractivity contribution in [3.63, 3.8) is 0 Å². The minimum Gasteiger partial charge on any atom is -0.458 e. The van der Waals surface area contributed by atoms with Gasteiger partial charge < -0.3 is 14.6 Å². The van der Waals surface area contributed by atoms with Crippen molar-refractivity contribution >= 4 is 11.8 Å². The van der Waals surface area contributed by atoms with E-state index in [9.17, 15) is 14.7 Å². The summed E-state index contributed by atoms with van der Waals surface area (Å²) >= 11 is 0. The quantitative estimate of drug-likeness (QED) is 0.363. The Morgan fingerprint density at radius 1 is 1.15 bits per heavy atom. The normalized spacial score (nSPS) is 52.2. The minimum absolute atomic E-state index is 0.0125. The molecule has 6 rings (SSSR count). The van der Waals surface area contributed by atoms with E-state index in [1.165, 1.54) is 5.57 Å². The minimum atomic E-state index is -0.739. The van der Waals surface area contributed by atoms with Gasteiger partial charge in [0.25, 0.3) is 0 Å². The Morgan fingerprint density at radius 2 is 1.88 bits per heavy atom. The largest absolute Gasteiger partial charge is 0.458 e. The lowest BCUT2D eigenvalue weighted by Crippen LogP contribution is -2.66. The van der Waals surface area contributed by atoms with Crippen molar-refractivity contribution in [3.8, 4) is 0 Å². The van der Waals surface area contributed by atoms with Gasteiger partial charge in [0.15, 0.2) is 5.78 Å². The van der Waals surface area contributed by atoms with Crippen LogP contribution in [-0.2, 0) is 19.1 Å². The molecular weight excluding hydrogens is 428 g/mol. The molecule has 10 atom stereocenters. The number of aliphatic hydroxyl groups is 1. The molecule has 3 fully saturated rings. The molecule has 0 aromatic heterocycles. The lowest BCUT2D eigenvalue weighted by Gasteiger charge is -2.63. The van der Waals surface area contributed by atoms with Crippen LogP contribution in [0.2, 0.25) is 0 Å². The predicted molar refractivity (Wildman–Crippen MR) is 128 cm³/mol. The van der Waals surface area contributed by atoms with Crippen molar-refractivity contribution in [3.05, 3.63) is 34.9 Å². The second kappa shape index (κ2) is 6.73. The Morgan fingerprint density at radius 3 is 2.59 bits per heavy atom. The summed E-state index contributed by atoms with van der Waals surface area (Å²) in [5, 5.41) is 10.9. The first-order chi connectivity index (χ1) is 15.9. The molecule has 2 saturated carbocycles. The molecule has 0 amide bonds. The van der Waals surface area contributed by atoms with Gasteiger partial charge in [0, 0.05) is 17.9 Å². The fraction of sp³-hybridized carbons (Fsp3) is 0.724. The first kappa shape index (κ1) is 22.7. The summed E-state index contributed by atoms with van der Waals surface area (Å²) in [5.41, 5.74) is 1.84. The lowest BCUT2D eigenvalue weighted by atomic mass is 9.39. The van der Waals surface area contributed by atoms with Gasteiger partial charge in [-0.15, -0.1) is 0 Å². The highest BCUT2D eigenvalue weighted by atomic mass is 16.6. The van der Waals surface area contributed by atoms with Crippen molar-refractivity contribution in [2.75, 3.05) is 0 Å². The van der Waals surface area contributed by atoms with Crippen LogP contribution in [0.15, 0.2) is 34.9 Å². The van der Waals surface area contributed by atoms with Gasteiger partial charge in [0.05, 0.1) is 11.5 Å². The Kier molecular flexibility index (Phi) is 4.50. The smallest absolute Gasteiger partial charge is 0.333 e. The van der Waals surface area contributed by atoms with E-state index in [-0.39, 0.29) is 46.6 Å². The third-order valence-electron chi connectivity index (χ3n) is 11.6. The number of aliphatic hydroxyl groups excluding tert-OH is 1. The van der Waals surface area contributed by atoms with Crippen LogP contribution in [0.4, 0.5) is 0 Å². The van der Waals surface area contributed by atoms with Crippen LogP contribution in [0, 0.1) is 34.0 Å². The number of epoxide rings is 1. The van der Waals surface area contributed by atoms with Crippen LogP contribution in [0.3, 0.4) is 0 Å². The Bertz CT molecular complexity index is 1080. The van der Waals surface area contributed by atoms with Gasteiger partial charge in [0.2, 0.25) is 0 Å². The fourth-order valence-electron chi connectivity index (χ4n) is 9.54. The fourth-order valence-corrected chi connectivity index (χ4v) is 9.54. The highest BCUT2D eigenvalue weighted by Gasteiger charge is 2.82. The number of esters is 1. The molecule has 2 heterocycles. The Labute approximate surface area is 202 Å². The van der Waals surface area contributed by atoms with Gasteiger partial charge in [-0.05, 0) is 81.3 Å². The lowest BCUT2D eigenvalue weighted by molar-refractivity contribution is -0.164. The number of fused-ring (bicyclic) bond motifs is 4. The van der Waals surface area contributed by atoms with Gasteiger partial charge >= 0.3 is 5.97 Å². The average molecular weight is 467 g/mol. The van der Waals surface area contributed by atoms with E-state index < -0.39 is 17.1 Å². The summed E-state index contributed by atoms with van der Waals surface area (Å²) in [6.45, 7) is 13.0. The summed E-state index contributed by atoms with van der Waals surface area (Å²) in [7, 11) is 0. The van der Waals surface area contributed by atoms with Crippen molar-refractivity contribution in [1.82, 2.24) is 0 Å². The van der Waals surface area contributed by atoms with E-state index in [1.807, 2.05) is 13.8 Å². The first-order valence-corrected chi connectivity index (χ1v) is 13.1. The first-order valence-electron chi connectivity index (χ1n) is 13.1. The van der Waals surface area contributed by atoms with Crippen molar-refractivity contribution < 1.29 is 24.2 Å². The molecule has 5 nitrogen and oxygen atoms in total. The van der Waals surface area contributed by atoms with E-state index >= 15 is 0 Å². The monoisotopic (exact) mass is 466 g/mol. The standard InChI is InChI=1S/C29H38O5/c1-15-13-19(33-25(32)16(15)2)17(3)18-7-8-20-26(18,4)12-11-21-27(20,5)14-24-29(34-24)23(31)10-9-22(30)28(21,29)6/h7,9-10,17,19-21,23-24,31H,8,11-14H2,1-6H3/t17-,19+,20+,21-,23-,24+,26+,27-,28-,29+/m0/s1. The number of hydrogen-bond acceptors (Lipinski definition) is 5. The van der Waals surface area contributed by atoms with Gasteiger partial charge in [-0.1, -0.05) is 38.0 Å². The molecule has 6 aliphatic rings. The molecule has 184 valence electrons. The molecule has 1 spiro atoms. The maximum Gasteiger partial charge on any atom is 0.333 e. The molecule has 0 aromatic rings. The number of carbonyl (C=O) groups excluding carboxylic acids is 2. The zero-order valence-electron chi connectivity index (χ0n) is 21.3. The van der Waals surface area contributed by atoms with Crippen LogP contribution < -0.4 is 0 Å². The van der Waals surface area contributed by atoms with Gasteiger partial charge in [0.1, 0.15) is 17.8 Å². The molecule has 2 aliphatic heterocycles. The SMILES string of the molecule is CC1=C(C)C(=O)O[C@@H]([C@@H](C)C2=CC[C@H]3[C@]4(C)C[C@H]5O[C@]56[C@@H](O)C=CC(=O)[C@]6(C)[C@H]4CC[C@]23C)C1. The van der Waals surface area contributed by atoms with Crippen LogP contribution in [0.1, 0.15) is 73.6 Å². The van der Waals surface area contributed by atoms with Crippen LogP contribution >= 0.6 is 0 Å². The topological polar surface area (TPSA) is 76.1 Å². The second-order valence-electron chi connectivity index (χ2n) is 12.8. The number of rotatable bonds is 2. The molecule has 5 heteroatoms. The summed E-state index contributed by atoms with van der Waals surface area (Å²) in [6, 6.07) is 0. The molecule has 0 bridgehead atoms. The number of ether oxygens (including phenoxy) is 2. The van der Waals surface area contributed by atoms with Crippen LogP contribution in [-0.4, -0.2) is 40.8 Å². The summed E-state index contributed by atoms with van der Waals surface area (Å²) in [6.07, 6.45) is 9.39. The number of cyclic esters (lactones) is 1. The number of allylic oxidation sites excluding steroid dienone is 2. The second-order valence-corrected chi connectivity index (χ2v) is 12.8. The average Bonchev–Trinajstić information content (AvgIpc) is 3.39. The molecular formula is C29H38O5. The Balaban J connectivity index is 1.33. The molecule has 0 radical (unpaired) electrons. The molecule has 4 aliphatic carbocycles. The molecule has 0 unspecified atom stereocenters. The van der Waals surface area contributed by atoms with Crippen molar-refractivity contribution in [2.45, 2.75) is 97.6 Å². The number of hydrogen-bond donors (Lipinski definition) is 1. The zero-order valence-corrected chi connectivity index (χ0v) is 21.3. The Hall–Kier alpha value is -1.72. The maximum atomic E-state index is 13.4. The van der Waals surface area contributed by atoms with E-state index in [2.05, 4.69) is 33.8 Å². The third-order valence-corrected chi connectivity index (χ3v) is 11.6. The molecule has 1 N–H and O–H groups in total. The van der Waals surface area contributed by atoms with E-state index in [1.54, 1.807) is 12.2 Å². The van der Waals surface area contributed by atoms with Crippen LogP contribution in [0.5, 0.6) is 0 Å². The third kappa shape index (κ3) is 2.43. The van der Waals surface area contributed by atoms with Gasteiger partial charge in [-0.2, -0.15) is 0 Å². The van der Waals surface area contributed by atoms with E-state index in [0.29, 0.717) is 5.92 Å². The molecule has 0 aromatic carbocycles. The number of carbonyl (C=O) groups is 2. The predicted octanol–water partition coefficient (Wildman–Crippen LogP) is 4.69. The van der Waals surface area contributed by atoms with Crippen molar-refractivity contribution in [1.29, 1.82) is 0 Å². The summed E-state index contributed by atoms with van der Waals surface area (Å²) in [4.78, 5) is 25.9. The molecule has 1 saturated heterocycles. The summed E-state index contributed by atoms with van der Waals surface area (Å²) < 4.78 is 12.2. The molecule has 34 heavy (non-hydrogen) atoms. The zero-order chi connectivity index (χ0) is 24.4. The summed E-state index contributed by atoms with van der Waals surface area (Å²) in [5.74, 6) is 0.683.